The van der Waals surface area contributed by atoms with Gasteiger partial charge >= 0.3 is 0 Å². The molecule has 11 aromatic rings. The minimum absolute atomic E-state index is 0.184. The standard InChI is InChI=1S/C71H51N/c1-69(2)60-33-17-15-31-55(60)57-42-40-53(46-66(57)69)72(68-44-39-50(48-23-7-3-8-24-48)45-59(68)49-25-9-4-10-26-49)54-41-43-58-56-32-16-18-34-61(56)71(67(58)47-54)64-37-21-19-35-62(64)70(51-27-11-5-12-28-51,52-29-13-6-14-30-52)63-36-20-22-38-65(63)71/h3-47H,1-2H3. The van der Waals surface area contributed by atoms with Crippen LogP contribution in [-0.4, -0.2) is 0 Å². The Labute approximate surface area is 423 Å². The molecule has 0 radical (unpaired) electrons. The van der Waals surface area contributed by atoms with Crippen LogP contribution in [0.1, 0.15) is 69.5 Å². The highest BCUT2D eigenvalue weighted by atomic mass is 15.1. The summed E-state index contributed by atoms with van der Waals surface area (Å²) in [6.07, 6.45) is 0. The lowest BCUT2D eigenvalue weighted by Crippen LogP contribution is -2.44. The maximum atomic E-state index is 2.55. The van der Waals surface area contributed by atoms with Crippen molar-refractivity contribution in [2.45, 2.75) is 30.1 Å². The second-order valence-corrected chi connectivity index (χ2v) is 20.3. The maximum Gasteiger partial charge on any atom is 0.0720 e. The number of fused-ring (bicyclic) bond motifs is 12. The predicted molar refractivity (Wildman–Crippen MR) is 299 cm³/mol. The fraction of sp³-hybridized carbons (Fsp3) is 0.0704. The van der Waals surface area contributed by atoms with Gasteiger partial charge in [0.15, 0.2) is 0 Å². The van der Waals surface area contributed by atoms with E-state index in [1.807, 2.05) is 0 Å². The Morgan fingerprint density at radius 1 is 0.250 bits per heavy atom. The molecule has 72 heavy (non-hydrogen) atoms. The van der Waals surface area contributed by atoms with Crippen molar-refractivity contribution in [1.82, 2.24) is 0 Å². The van der Waals surface area contributed by atoms with Gasteiger partial charge in [0, 0.05) is 22.4 Å². The number of rotatable bonds is 7. The molecule has 0 fully saturated rings. The molecule has 0 heterocycles. The van der Waals surface area contributed by atoms with Gasteiger partial charge in [-0.05, 0) is 131 Å². The Kier molecular flexibility index (Phi) is 9.44. The number of nitrogens with zero attached hydrogens (tertiary/aromatic N) is 1. The van der Waals surface area contributed by atoms with Crippen LogP contribution in [0.25, 0.3) is 44.5 Å². The van der Waals surface area contributed by atoms with Crippen LogP contribution >= 0.6 is 0 Å². The van der Waals surface area contributed by atoms with E-state index in [4.69, 9.17) is 0 Å². The summed E-state index contributed by atoms with van der Waals surface area (Å²) >= 11 is 0. The molecular formula is C71H51N. The van der Waals surface area contributed by atoms with E-state index in [9.17, 15) is 0 Å². The van der Waals surface area contributed by atoms with E-state index in [2.05, 4.69) is 292 Å². The maximum absolute atomic E-state index is 2.55. The molecule has 1 nitrogen and oxygen atoms in total. The topological polar surface area (TPSA) is 3.24 Å². The fourth-order valence-corrected chi connectivity index (χ4v) is 13.4. The first kappa shape index (κ1) is 42.1. The Hall–Kier alpha value is -8.78. The third-order valence-electron chi connectivity index (χ3n) is 16.4. The molecule has 0 aromatic heterocycles. The molecule has 0 saturated heterocycles. The van der Waals surface area contributed by atoms with Gasteiger partial charge in [-0.3, -0.25) is 0 Å². The molecule has 0 amide bonds. The van der Waals surface area contributed by atoms with Crippen molar-refractivity contribution >= 4 is 17.1 Å². The van der Waals surface area contributed by atoms with E-state index in [0.29, 0.717) is 0 Å². The van der Waals surface area contributed by atoms with Crippen molar-refractivity contribution in [1.29, 1.82) is 0 Å². The Morgan fingerprint density at radius 2 is 0.653 bits per heavy atom. The first-order valence-corrected chi connectivity index (χ1v) is 25.3. The third kappa shape index (κ3) is 5.89. The monoisotopic (exact) mass is 917 g/mol. The molecule has 14 rings (SSSR count). The largest absolute Gasteiger partial charge is 0.310 e. The summed E-state index contributed by atoms with van der Waals surface area (Å²) in [7, 11) is 0. The van der Waals surface area contributed by atoms with Crippen LogP contribution in [0.15, 0.2) is 273 Å². The van der Waals surface area contributed by atoms with Gasteiger partial charge in [0.25, 0.3) is 0 Å². The van der Waals surface area contributed by atoms with Crippen LogP contribution in [-0.2, 0) is 16.2 Å². The van der Waals surface area contributed by atoms with Gasteiger partial charge in [-0.1, -0.05) is 250 Å². The van der Waals surface area contributed by atoms with Gasteiger partial charge in [-0.2, -0.15) is 0 Å². The van der Waals surface area contributed by atoms with Crippen LogP contribution in [0, 0.1) is 0 Å². The molecule has 0 N–H and O–H groups in total. The molecule has 3 aliphatic carbocycles. The minimum Gasteiger partial charge on any atom is -0.310 e. The lowest BCUT2D eigenvalue weighted by molar-refractivity contribution is 0.623. The molecule has 11 aromatic carbocycles. The molecule has 0 saturated carbocycles. The Morgan fingerprint density at radius 3 is 1.21 bits per heavy atom. The summed E-state index contributed by atoms with van der Waals surface area (Å²) in [6, 6.07) is 103. The van der Waals surface area contributed by atoms with E-state index < -0.39 is 10.8 Å². The van der Waals surface area contributed by atoms with Gasteiger partial charge in [0.2, 0.25) is 0 Å². The van der Waals surface area contributed by atoms with Gasteiger partial charge < -0.3 is 4.90 Å². The zero-order chi connectivity index (χ0) is 48.0. The summed E-state index contributed by atoms with van der Waals surface area (Å²) in [5, 5.41) is 0. The molecular weight excluding hydrogens is 867 g/mol. The molecule has 1 spiro atoms. The normalized spacial score (nSPS) is 14.6. The number of hydrogen-bond donors (Lipinski definition) is 0. The van der Waals surface area contributed by atoms with E-state index in [1.54, 1.807) is 0 Å². The van der Waals surface area contributed by atoms with Crippen LogP contribution in [0.2, 0.25) is 0 Å². The number of benzene rings is 11. The third-order valence-corrected chi connectivity index (χ3v) is 16.4. The van der Waals surface area contributed by atoms with E-state index in [0.717, 1.165) is 17.1 Å². The summed E-state index contributed by atoms with van der Waals surface area (Å²) in [6.45, 7) is 4.77. The summed E-state index contributed by atoms with van der Waals surface area (Å²) < 4.78 is 0. The SMILES string of the molecule is CC1(C)c2ccccc2-c2ccc(N(c3ccc4c(c3)C3(c5ccccc5-4)c4ccccc4C(c4ccccc4)(c4ccccc4)c4ccccc43)c3ccc(-c4ccccc4)cc3-c3ccccc3)cc21. The van der Waals surface area contributed by atoms with Gasteiger partial charge in [0.1, 0.15) is 0 Å². The molecule has 0 atom stereocenters. The lowest BCUT2D eigenvalue weighted by Gasteiger charge is -2.50. The van der Waals surface area contributed by atoms with Crippen molar-refractivity contribution in [2.75, 3.05) is 4.90 Å². The van der Waals surface area contributed by atoms with Crippen molar-refractivity contribution in [2.24, 2.45) is 0 Å². The van der Waals surface area contributed by atoms with Gasteiger partial charge in [-0.25, -0.2) is 0 Å². The van der Waals surface area contributed by atoms with E-state index in [1.165, 1.54) is 100 Å². The molecule has 1 heteroatoms. The van der Waals surface area contributed by atoms with Gasteiger partial charge in [0.05, 0.1) is 16.5 Å². The highest BCUT2D eigenvalue weighted by molar-refractivity contribution is 5.96. The lowest BCUT2D eigenvalue weighted by atomic mass is 9.51. The first-order valence-electron chi connectivity index (χ1n) is 25.3. The molecule has 340 valence electrons. The Balaban J connectivity index is 1.07. The van der Waals surface area contributed by atoms with E-state index in [-0.39, 0.29) is 5.41 Å². The van der Waals surface area contributed by atoms with Crippen molar-refractivity contribution in [3.63, 3.8) is 0 Å². The van der Waals surface area contributed by atoms with Crippen molar-refractivity contribution in [3.8, 4) is 44.5 Å². The Bertz CT molecular complexity index is 3800. The number of hydrogen-bond acceptors (Lipinski definition) is 1. The van der Waals surface area contributed by atoms with Crippen LogP contribution < -0.4 is 4.90 Å². The average molecular weight is 918 g/mol. The van der Waals surface area contributed by atoms with Crippen LogP contribution in [0.3, 0.4) is 0 Å². The second-order valence-electron chi connectivity index (χ2n) is 20.3. The second kappa shape index (κ2) is 16.1. The summed E-state index contributed by atoms with van der Waals surface area (Å²) in [4.78, 5) is 2.55. The molecule has 3 aliphatic rings. The fourth-order valence-electron chi connectivity index (χ4n) is 13.4. The molecule has 0 unspecified atom stereocenters. The van der Waals surface area contributed by atoms with Crippen molar-refractivity contribution < 1.29 is 0 Å². The zero-order valence-corrected chi connectivity index (χ0v) is 40.4. The highest BCUT2D eigenvalue weighted by Crippen LogP contribution is 2.65. The van der Waals surface area contributed by atoms with Crippen LogP contribution in [0.4, 0.5) is 17.1 Å². The predicted octanol–water partition coefficient (Wildman–Crippen LogP) is 17.9. The molecule has 0 aliphatic heterocycles. The molecule has 0 bridgehead atoms. The number of anilines is 3. The smallest absolute Gasteiger partial charge is 0.0720 e. The van der Waals surface area contributed by atoms with E-state index >= 15 is 0 Å². The minimum atomic E-state index is -0.644. The zero-order valence-electron chi connectivity index (χ0n) is 40.4. The highest BCUT2D eigenvalue weighted by Gasteiger charge is 2.56. The average Bonchev–Trinajstić information content (AvgIpc) is 3.88. The summed E-state index contributed by atoms with van der Waals surface area (Å²) in [5.74, 6) is 0. The van der Waals surface area contributed by atoms with Gasteiger partial charge in [-0.15, -0.1) is 0 Å². The summed E-state index contributed by atoms with van der Waals surface area (Å²) in [5.41, 5.74) is 24.9. The quantitative estimate of drug-likeness (QED) is 0.154. The van der Waals surface area contributed by atoms with Crippen LogP contribution in [0.5, 0.6) is 0 Å². The van der Waals surface area contributed by atoms with Crippen molar-refractivity contribution in [3.05, 3.63) is 329 Å². The first-order chi connectivity index (χ1) is 35.5.